The number of halogens is 4. The van der Waals surface area contributed by atoms with Crippen molar-refractivity contribution in [3.8, 4) is 11.1 Å². The van der Waals surface area contributed by atoms with Crippen LogP contribution in [0.1, 0.15) is 37.2 Å². The fourth-order valence-electron chi connectivity index (χ4n) is 3.89. The summed E-state index contributed by atoms with van der Waals surface area (Å²) in [5.74, 6) is -0.357. The van der Waals surface area contributed by atoms with Gasteiger partial charge >= 0.3 is 6.18 Å². The Morgan fingerprint density at radius 2 is 1.83 bits per heavy atom. The lowest BCUT2D eigenvalue weighted by molar-refractivity contribution is -0.269. The molecule has 1 atom stereocenters. The van der Waals surface area contributed by atoms with Crippen molar-refractivity contribution < 1.29 is 27.5 Å². The number of benzene rings is 2. The number of hydrogen-bond donors (Lipinski definition) is 1. The molecule has 1 unspecified atom stereocenters. The smallest absolute Gasteiger partial charge is 0.399 e. The van der Waals surface area contributed by atoms with E-state index in [1.165, 1.54) is 30.8 Å². The van der Waals surface area contributed by atoms with Gasteiger partial charge in [-0.2, -0.15) is 13.2 Å². The first-order valence-electron chi connectivity index (χ1n) is 11.0. The predicted molar refractivity (Wildman–Crippen MR) is 126 cm³/mol. The van der Waals surface area contributed by atoms with Crippen LogP contribution in [-0.4, -0.2) is 44.1 Å². The van der Waals surface area contributed by atoms with Crippen LogP contribution < -0.4 is 0 Å². The molecule has 11 heteroatoms. The maximum absolute atomic E-state index is 13.5. The van der Waals surface area contributed by atoms with E-state index < -0.39 is 23.9 Å². The molecule has 0 radical (unpaired) electrons. The quantitative estimate of drug-likeness (QED) is 0.214. The summed E-state index contributed by atoms with van der Waals surface area (Å²) < 4.78 is 54.9. The van der Waals surface area contributed by atoms with Crippen molar-refractivity contribution in [3.05, 3.63) is 77.5 Å². The first kappa shape index (κ1) is 25.2. The maximum Gasteiger partial charge on any atom is 0.423 e. The lowest BCUT2D eigenvalue weighted by atomic mass is 9.96. The minimum atomic E-state index is -4.88. The molecule has 0 aliphatic heterocycles. The number of oxime groups is 1. The molecule has 4 aromatic rings. The zero-order chi connectivity index (χ0) is 26.1. The molecular weight excluding hydrogens is 478 g/mol. The molecule has 0 spiro atoms. The van der Waals surface area contributed by atoms with Crippen molar-refractivity contribution in [2.45, 2.75) is 38.6 Å². The van der Waals surface area contributed by atoms with E-state index in [9.17, 15) is 22.7 Å². The summed E-state index contributed by atoms with van der Waals surface area (Å²) in [6.45, 7) is 3.07. The lowest BCUT2D eigenvalue weighted by Crippen LogP contribution is -2.42. The second-order valence-electron chi connectivity index (χ2n) is 8.29. The molecule has 4 rings (SSSR count). The molecule has 7 nitrogen and oxygen atoms in total. The predicted octanol–water partition coefficient (Wildman–Crippen LogP) is 5.21. The van der Waals surface area contributed by atoms with Gasteiger partial charge in [-0.05, 0) is 54.3 Å². The highest BCUT2D eigenvalue weighted by Crippen LogP contribution is 2.40. The number of fused-ring (bicyclic) bond motifs is 1. The second-order valence-corrected chi connectivity index (χ2v) is 8.29. The number of nitrogens with zero attached hydrogens (tertiary/aromatic N) is 5. The van der Waals surface area contributed by atoms with Crippen molar-refractivity contribution in [2.75, 3.05) is 7.11 Å². The molecular formula is C25H23F4N5O2. The zero-order valence-corrected chi connectivity index (χ0v) is 19.7. The molecule has 2 heterocycles. The summed E-state index contributed by atoms with van der Waals surface area (Å²) >= 11 is 0. The average molecular weight is 501 g/mol. The SMILES string of the molecule is CCC(O)(c1cn(Cc2ccc3c(-c4ccc(F)cc4)cc(/C(C)=N\OC)nc3c2)nn1)C(F)(F)F. The summed E-state index contributed by atoms with van der Waals surface area (Å²) in [4.78, 5) is 9.55. The van der Waals surface area contributed by atoms with Gasteiger partial charge in [0.25, 0.3) is 0 Å². The first-order chi connectivity index (χ1) is 17.1. The van der Waals surface area contributed by atoms with Crippen LogP contribution in [0, 0.1) is 5.82 Å². The van der Waals surface area contributed by atoms with Gasteiger partial charge in [0.2, 0.25) is 5.60 Å². The van der Waals surface area contributed by atoms with Crippen LogP contribution in [0.4, 0.5) is 17.6 Å². The van der Waals surface area contributed by atoms with Gasteiger partial charge in [0.15, 0.2) is 0 Å². The number of hydrogen-bond acceptors (Lipinski definition) is 6. The van der Waals surface area contributed by atoms with Crippen molar-refractivity contribution in [2.24, 2.45) is 5.16 Å². The van der Waals surface area contributed by atoms with Gasteiger partial charge in [-0.3, -0.25) is 0 Å². The third-order valence-corrected chi connectivity index (χ3v) is 5.92. The van der Waals surface area contributed by atoms with Crippen molar-refractivity contribution in [1.29, 1.82) is 0 Å². The van der Waals surface area contributed by atoms with E-state index in [2.05, 4.69) is 20.5 Å². The molecule has 0 bridgehead atoms. The highest BCUT2D eigenvalue weighted by atomic mass is 19.4. The summed E-state index contributed by atoms with van der Waals surface area (Å²) in [5, 5.41) is 22.2. The molecule has 2 aromatic carbocycles. The minimum absolute atomic E-state index is 0.101. The van der Waals surface area contributed by atoms with E-state index in [-0.39, 0.29) is 12.4 Å². The summed E-state index contributed by atoms with van der Waals surface area (Å²) in [6.07, 6.45) is -4.39. The van der Waals surface area contributed by atoms with Gasteiger partial charge in [-0.1, -0.05) is 41.6 Å². The molecule has 188 valence electrons. The normalized spacial score (nSPS) is 14.2. The molecule has 0 amide bonds. The molecule has 0 saturated heterocycles. The molecule has 0 saturated carbocycles. The third-order valence-electron chi connectivity index (χ3n) is 5.92. The number of pyridine rings is 1. The minimum Gasteiger partial charge on any atom is -0.399 e. The van der Waals surface area contributed by atoms with Crippen molar-refractivity contribution in [3.63, 3.8) is 0 Å². The average Bonchev–Trinajstić information content (AvgIpc) is 3.31. The van der Waals surface area contributed by atoms with Crippen molar-refractivity contribution in [1.82, 2.24) is 20.0 Å². The van der Waals surface area contributed by atoms with Crippen LogP contribution in [0.2, 0.25) is 0 Å². The molecule has 2 aromatic heterocycles. The monoisotopic (exact) mass is 501 g/mol. The highest BCUT2D eigenvalue weighted by molar-refractivity contribution is 6.03. The molecule has 0 fully saturated rings. The van der Waals surface area contributed by atoms with E-state index in [1.54, 1.807) is 31.2 Å². The van der Waals surface area contributed by atoms with Gasteiger partial charge in [-0.15, -0.1) is 5.10 Å². The largest absolute Gasteiger partial charge is 0.423 e. The number of rotatable bonds is 7. The third kappa shape index (κ3) is 4.78. The highest BCUT2D eigenvalue weighted by Gasteiger charge is 2.55. The van der Waals surface area contributed by atoms with Crippen LogP contribution in [0.25, 0.3) is 22.0 Å². The Morgan fingerprint density at radius 3 is 2.47 bits per heavy atom. The van der Waals surface area contributed by atoms with E-state index >= 15 is 0 Å². The van der Waals surface area contributed by atoms with Gasteiger partial charge in [-0.25, -0.2) is 14.1 Å². The Balaban J connectivity index is 1.75. The molecule has 0 aliphatic rings. The van der Waals surface area contributed by atoms with E-state index in [1.807, 2.05) is 12.1 Å². The molecule has 0 aliphatic carbocycles. The van der Waals surface area contributed by atoms with Crippen LogP contribution in [0.3, 0.4) is 0 Å². The topological polar surface area (TPSA) is 85.4 Å². The van der Waals surface area contributed by atoms with E-state index in [0.717, 1.165) is 22.7 Å². The first-order valence-corrected chi connectivity index (χ1v) is 11.0. The fraction of sp³-hybridized carbons (Fsp3) is 0.280. The van der Waals surface area contributed by atoms with Crippen LogP contribution >= 0.6 is 0 Å². The van der Waals surface area contributed by atoms with Crippen LogP contribution in [0.15, 0.2) is 59.9 Å². The Morgan fingerprint density at radius 1 is 1.11 bits per heavy atom. The Hall–Kier alpha value is -3.86. The van der Waals surface area contributed by atoms with Gasteiger partial charge in [0.05, 0.1) is 24.0 Å². The fourth-order valence-corrected chi connectivity index (χ4v) is 3.89. The number of alkyl halides is 3. The Labute approximate surface area is 204 Å². The number of aliphatic hydroxyl groups is 1. The Kier molecular flexibility index (Phi) is 6.77. The van der Waals surface area contributed by atoms with Gasteiger partial charge in [0.1, 0.15) is 24.3 Å². The summed E-state index contributed by atoms with van der Waals surface area (Å²) in [5.41, 5.74) is 0.291. The summed E-state index contributed by atoms with van der Waals surface area (Å²) in [6, 6.07) is 13.3. The number of aromatic nitrogens is 4. The van der Waals surface area contributed by atoms with E-state index in [0.29, 0.717) is 22.5 Å². The lowest BCUT2D eigenvalue weighted by Gasteiger charge is -2.26. The summed E-state index contributed by atoms with van der Waals surface area (Å²) in [7, 11) is 1.42. The van der Waals surface area contributed by atoms with Gasteiger partial charge in [0, 0.05) is 5.39 Å². The van der Waals surface area contributed by atoms with Crippen LogP contribution in [-0.2, 0) is 17.0 Å². The zero-order valence-electron chi connectivity index (χ0n) is 19.7. The molecule has 1 N–H and O–H groups in total. The second kappa shape index (κ2) is 9.65. The van der Waals surface area contributed by atoms with Gasteiger partial charge < -0.3 is 9.94 Å². The maximum atomic E-state index is 13.5. The standard InChI is InChI=1S/C25H23F4N5O2/c1-4-24(35,25(27,28)29)23-14-34(33-31-23)13-16-5-10-19-20(17-6-8-18(26)9-7-17)12-21(15(2)32-36-3)30-22(19)11-16/h5-12,14,35H,4,13H2,1-3H3/b32-15-. The Bertz CT molecular complexity index is 1420. The molecule has 36 heavy (non-hydrogen) atoms. The van der Waals surface area contributed by atoms with Crippen molar-refractivity contribution >= 4 is 16.6 Å². The van der Waals surface area contributed by atoms with E-state index in [4.69, 9.17) is 4.84 Å². The van der Waals surface area contributed by atoms with Crippen LogP contribution in [0.5, 0.6) is 0 Å².